The predicted molar refractivity (Wildman–Crippen MR) is 265 cm³/mol. The first-order valence-electron chi connectivity index (χ1n) is 19.5. The van der Waals surface area contributed by atoms with E-state index in [0.29, 0.717) is 6.16 Å². The molecule has 0 nitrogen and oxygen atoms in total. The van der Waals surface area contributed by atoms with Crippen LogP contribution in [0, 0.1) is 0 Å². The molecule has 0 atom stereocenters. The Hall–Kier alpha value is -2.46. The van der Waals surface area contributed by atoms with E-state index in [4.69, 9.17) is 23.2 Å². The van der Waals surface area contributed by atoms with Crippen molar-refractivity contribution >= 4 is 97.3 Å². The molecular weight excluding hydrogens is 1210 g/mol. The average molecular weight is 1260 g/mol. The summed E-state index contributed by atoms with van der Waals surface area (Å²) in [6.07, 6.45) is 3.10. The summed E-state index contributed by atoms with van der Waals surface area (Å²) >= 11 is 14.6. The quantitative estimate of drug-likeness (QED) is 0.0578. The first kappa shape index (κ1) is 48.6. The fourth-order valence-corrected chi connectivity index (χ4v) is 19.3. The summed E-state index contributed by atoms with van der Waals surface area (Å²) in [6, 6.07) is 86.3. The zero-order valence-electron chi connectivity index (χ0n) is 32.9. The molecule has 60 heavy (non-hydrogen) atoms. The summed E-state index contributed by atoms with van der Waals surface area (Å²) < 4.78 is -0.907. The maximum Gasteiger partial charge on any atom is 0.149 e. The fraction of sp³-hybridized carbons (Fsp3) is 0.0769. The summed E-state index contributed by atoms with van der Waals surface area (Å²) in [7, 11) is -2.36. The van der Waals surface area contributed by atoms with Crippen LogP contribution in [0.1, 0.15) is 0 Å². The van der Waals surface area contributed by atoms with Gasteiger partial charge in [0.1, 0.15) is 4.07 Å². The van der Waals surface area contributed by atoms with Gasteiger partial charge in [-0.25, -0.2) is 0 Å². The van der Waals surface area contributed by atoms with Gasteiger partial charge in [-0.1, -0.05) is 266 Å². The molecule has 0 N–H and O–H groups in total. The van der Waals surface area contributed by atoms with E-state index in [2.05, 4.69) is 231 Å². The first-order valence-corrected chi connectivity index (χ1v) is 26.2. The van der Waals surface area contributed by atoms with Gasteiger partial charge in [-0.2, -0.15) is 0 Å². The van der Waals surface area contributed by atoms with Gasteiger partial charge >= 0.3 is 0 Å². The van der Waals surface area contributed by atoms with Crippen LogP contribution in [0.4, 0.5) is 0 Å². The maximum atomic E-state index is 7.28. The molecule has 0 bridgehead atoms. The SMILES string of the molecule is ClC(Cl)(CP(c1ccccc1)c1ccccc1)P(c1ccccc1)c1ccccc1.[Au].[Au].c1ccc(P(CCP(c2ccccc2)c2ccccc2)c2ccccc2)cc1. The van der Waals surface area contributed by atoms with Gasteiger partial charge in [0.15, 0.2) is 0 Å². The molecule has 8 rings (SSSR count). The predicted octanol–water partition coefficient (Wildman–Crippen LogP) is 11.6. The fourth-order valence-electron chi connectivity index (χ4n) is 6.94. The van der Waals surface area contributed by atoms with E-state index in [9.17, 15) is 0 Å². The third kappa shape index (κ3) is 13.8. The Morgan fingerprint density at radius 2 is 0.450 bits per heavy atom. The van der Waals surface area contributed by atoms with E-state index < -0.39 is 19.9 Å². The molecule has 8 aromatic carbocycles. The van der Waals surface area contributed by atoms with Gasteiger partial charge in [0, 0.05) is 50.9 Å². The third-order valence-corrected chi connectivity index (χ3v) is 22.0. The number of alkyl halides is 2. The first-order chi connectivity index (χ1) is 28.6. The summed E-state index contributed by atoms with van der Waals surface area (Å²) in [4.78, 5) is 0. The Kier molecular flexibility index (Phi) is 20.7. The Labute approximate surface area is 403 Å². The molecule has 0 aliphatic heterocycles. The summed E-state index contributed by atoms with van der Waals surface area (Å²) in [5.74, 6) is 0. The van der Waals surface area contributed by atoms with Gasteiger partial charge in [0.25, 0.3) is 0 Å². The number of hydrogen-bond acceptors (Lipinski definition) is 0. The molecule has 2 radical (unpaired) electrons. The minimum atomic E-state index is -0.960. The van der Waals surface area contributed by atoms with Crippen molar-refractivity contribution in [2.45, 2.75) is 4.07 Å². The molecular formula is C52H46Au2Cl2P4. The molecule has 0 heterocycles. The molecule has 0 fully saturated rings. The van der Waals surface area contributed by atoms with E-state index in [1.54, 1.807) is 0 Å². The number of benzene rings is 8. The maximum absolute atomic E-state index is 7.28. The molecule has 0 aliphatic rings. The van der Waals surface area contributed by atoms with Crippen LogP contribution in [0.2, 0.25) is 0 Å². The molecule has 0 aromatic heterocycles. The monoisotopic (exact) mass is 1260 g/mol. The largest absolute Gasteiger partial charge is 0.149 e. The van der Waals surface area contributed by atoms with Crippen molar-refractivity contribution in [3.8, 4) is 0 Å². The van der Waals surface area contributed by atoms with Crippen LogP contribution in [0.5, 0.6) is 0 Å². The Bertz CT molecular complexity index is 2110. The second kappa shape index (κ2) is 25.6. The van der Waals surface area contributed by atoms with Crippen LogP contribution in [0.25, 0.3) is 0 Å². The van der Waals surface area contributed by atoms with Crippen molar-refractivity contribution in [1.82, 2.24) is 0 Å². The number of halogens is 2. The minimum Gasteiger partial charge on any atom is -0.0954 e. The van der Waals surface area contributed by atoms with Crippen molar-refractivity contribution in [1.29, 1.82) is 0 Å². The van der Waals surface area contributed by atoms with Crippen LogP contribution in [0.15, 0.2) is 243 Å². The Morgan fingerprint density at radius 1 is 0.267 bits per heavy atom. The molecule has 8 heteroatoms. The summed E-state index contributed by atoms with van der Waals surface area (Å²) in [6.45, 7) is 0. The normalized spacial score (nSPS) is 11.0. The van der Waals surface area contributed by atoms with E-state index in [1.807, 2.05) is 12.1 Å². The van der Waals surface area contributed by atoms with E-state index >= 15 is 0 Å². The van der Waals surface area contributed by atoms with Gasteiger partial charge in [0.05, 0.1) is 0 Å². The van der Waals surface area contributed by atoms with Crippen molar-refractivity contribution in [2.75, 3.05) is 18.5 Å². The standard InChI is InChI=1S/C26H22Cl2P2.C26H24P2.2Au/c27-26(28,30(24-17-9-3-10-18-24)25-19-11-4-12-20-25)21-29(22-13-5-1-6-14-22)23-15-7-2-8-16-23;1-5-13-23(14-6-1)27(24-15-7-2-8-16-24)21-22-28(25-17-9-3-10-18-25)26-19-11-4-12-20-26;;/h1-20H,21H2;1-20H,21-22H2;;. The van der Waals surface area contributed by atoms with Crippen molar-refractivity contribution in [3.63, 3.8) is 0 Å². The molecule has 0 saturated heterocycles. The molecule has 310 valence electrons. The van der Waals surface area contributed by atoms with Crippen LogP contribution in [0.3, 0.4) is 0 Å². The van der Waals surface area contributed by atoms with Gasteiger partial charge in [-0.3, -0.25) is 0 Å². The molecule has 0 amide bonds. The molecule has 0 aliphatic carbocycles. The second-order valence-corrected chi connectivity index (χ2v) is 24.9. The summed E-state index contributed by atoms with van der Waals surface area (Å²) in [5.41, 5.74) is 0. The van der Waals surface area contributed by atoms with Gasteiger partial charge in [-0.15, -0.1) is 0 Å². The molecule has 8 aromatic rings. The smallest absolute Gasteiger partial charge is 0.0954 e. The molecule has 0 spiro atoms. The van der Waals surface area contributed by atoms with Crippen LogP contribution >= 0.6 is 54.9 Å². The van der Waals surface area contributed by atoms with Crippen molar-refractivity contribution < 1.29 is 44.8 Å². The molecule has 0 saturated carbocycles. The Balaban J connectivity index is 0.000000221. The zero-order valence-corrected chi connectivity index (χ0v) is 42.3. The Morgan fingerprint density at radius 3 is 0.667 bits per heavy atom. The summed E-state index contributed by atoms with van der Waals surface area (Å²) in [5, 5.41) is 10.9. The number of hydrogen-bond donors (Lipinski definition) is 0. The van der Waals surface area contributed by atoms with Crippen LogP contribution < -0.4 is 42.4 Å². The molecule has 0 unspecified atom stereocenters. The topological polar surface area (TPSA) is 0 Å². The van der Waals surface area contributed by atoms with E-state index in [0.717, 1.165) is 0 Å². The van der Waals surface area contributed by atoms with Gasteiger partial charge < -0.3 is 0 Å². The third-order valence-electron chi connectivity index (χ3n) is 9.66. The zero-order chi connectivity index (χ0) is 39.8. The minimum absolute atomic E-state index is 0. The number of rotatable bonds is 14. The van der Waals surface area contributed by atoms with Crippen molar-refractivity contribution in [3.05, 3.63) is 243 Å². The van der Waals surface area contributed by atoms with Crippen LogP contribution in [-0.2, 0) is 44.8 Å². The average Bonchev–Trinajstić information content (AvgIpc) is 3.30. The van der Waals surface area contributed by atoms with E-state index in [-0.39, 0.29) is 60.6 Å². The second-order valence-electron chi connectivity index (χ2n) is 13.6. The van der Waals surface area contributed by atoms with Gasteiger partial charge in [0.2, 0.25) is 0 Å². The van der Waals surface area contributed by atoms with Crippen molar-refractivity contribution in [2.24, 2.45) is 0 Å². The van der Waals surface area contributed by atoms with E-state index in [1.165, 1.54) is 54.8 Å². The van der Waals surface area contributed by atoms with Crippen LogP contribution in [-0.4, -0.2) is 22.6 Å². The van der Waals surface area contributed by atoms with Gasteiger partial charge in [-0.05, 0) is 86.4 Å².